The first-order valence-corrected chi connectivity index (χ1v) is 8.52. The number of carbonyl (C=O) groups is 1. The summed E-state index contributed by atoms with van der Waals surface area (Å²) in [5.41, 5.74) is 6.43. The topological polar surface area (TPSA) is 34.9 Å². The molecule has 24 heavy (non-hydrogen) atoms. The second-order valence-corrected chi connectivity index (χ2v) is 6.71. The number of fused-ring (bicyclic) bond motifs is 1. The van der Waals surface area contributed by atoms with E-state index < -0.39 is 0 Å². The lowest BCUT2D eigenvalue weighted by Crippen LogP contribution is -2.12. The zero-order chi connectivity index (χ0) is 17.4. The molecule has 0 unspecified atom stereocenters. The largest absolute Gasteiger partial charge is 0.294 e. The quantitative estimate of drug-likeness (QED) is 0.638. The Morgan fingerprint density at radius 3 is 2.62 bits per heavy atom. The molecule has 0 atom stereocenters. The Bertz CT molecular complexity index is 919. The lowest BCUT2D eigenvalue weighted by molar-refractivity contribution is 0.0939. The van der Waals surface area contributed by atoms with Gasteiger partial charge in [0.2, 0.25) is 0 Å². The average molecular weight is 320 g/mol. The number of aromatic nitrogens is 2. The molecular weight excluding hydrogens is 296 g/mol. The van der Waals surface area contributed by atoms with Crippen LogP contribution in [-0.4, -0.2) is 15.6 Å². The summed E-state index contributed by atoms with van der Waals surface area (Å²) in [6.07, 6.45) is 2.74. The zero-order valence-electron chi connectivity index (χ0n) is 15.1. The molecule has 3 heteroatoms. The van der Waals surface area contributed by atoms with Crippen molar-refractivity contribution < 1.29 is 4.79 Å². The molecule has 0 amide bonds. The lowest BCUT2D eigenvalue weighted by Gasteiger charge is -2.17. The van der Waals surface area contributed by atoms with E-state index in [2.05, 4.69) is 49.3 Å². The van der Waals surface area contributed by atoms with E-state index >= 15 is 0 Å². The second-order valence-electron chi connectivity index (χ2n) is 6.71. The van der Waals surface area contributed by atoms with E-state index in [0.29, 0.717) is 0 Å². The SMILES string of the molecule is CCc1cccc(-c2cc3cnn(C)c3cc2C)c1C(=O)C(C)C. The highest BCUT2D eigenvalue weighted by Gasteiger charge is 2.20. The van der Waals surface area contributed by atoms with Crippen LogP contribution in [0.3, 0.4) is 0 Å². The Hall–Kier alpha value is -2.42. The van der Waals surface area contributed by atoms with Gasteiger partial charge in [0, 0.05) is 23.9 Å². The predicted octanol–water partition coefficient (Wildman–Crippen LogP) is 4.95. The predicted molar refractivity (Wildman–Crippen MR) is 99.4 cm³/mol. The van der Waals surface area contributed by atoms with Crippen molar-refractivity contribution in [1.82, 2.24) is 9.78 Å². The highest BCUT2D eigenvalue weighted by molar-refractivity contribution is 6.05. The Morgan fingerprint density at radius 1 is 1.21 bits per heavy atom. The minimum absolute atomic E-state index is 0.0149. The molecule has 124 valence electrons. The number of rotatable bonds is 4. The van der Waals surface area contributed by atoms with E-state index in [-0.39, 0.29) is 11.7 Å². The maximum absolute atomic E-state index is 12.9. The molecule has 2 aromatic carbocycles. The van der Waals surface area contributed by atoms with Gasteiger partial charge in [-0.2, -0.15) is 5.10 Å². The Balaban J connectivity index is 2.30. The average Bonchev–Trinajstić information content (AvgIpc) is 2.93. The first-order valence-electron chi connectivity index (χ1n) is 8.52. The van der Waals surface area contributed by atoms with Crippen molar-refractivity contribution in [3.8, 4) is 11.1 Å². The van der Waals surface area contributed by atoms with Gasteiger partial charge in [-0.1, -0.05) is 39.0 Å². The molecule has 0 bridgehead atoms. The van der Waals surface area contributed by atoms with Crippen LogP contribution in [0.1, 0.15) is 42.3 Å². The van der Waals surface area contributed by atoms with Crippen molar-refractivity contribution in [2.75, 3.05) is 0 Å². The van der Waals surface area contributed by atoms with Crippen LogP contribution in [0.15, 0.2) is 36.5 Å². The van der Waals surface area contributed by atoms with Crippen molar-refractivity contribution in [1.29, 1.82) is 0 Å². The molecule has 0 saturated carbocycles. The fourth-order valence-corrected chi connectivity index (χ4v) is 3.29. The van der Waals surface area contributed by atoms with Gasteiger partial charge in [-0.05, 0) is 47.7 Å². The number of carbonyl (C=O) groups excluding carboxylic acids is 1. The maximum Gasteiger partial charge on any atom is 0.166 e. The number of Topliss-reactive ketones (excluding diaryl/α,β-unsaturated/α-hetero) is 1. The summed E-state index contributed by atoms with van der Waals surface area (Å²) in [5, 5.41) is 5.44. The maximum atomic E-state index is 12.9. The van der Waals surface area contributed by atoms with Crippen molar-refractivity contribution in [3.05, 3.63) is 53.2 Å². The monoisotopic (exact) mass is 320 g/mol. The highest BCUT2D eigenvalue weighted by Crippen LogP contribution is 2.33. The van der Waals surface area contributed by atoms with Gasteiger partial charge in [0.05, 0.1) is 11.7 Å². The van der Waals surface area contributed by atoms with Crippen molar-refractivity contribution >= 4 is 16.7 Å². The molecule has 3 nitrogen and oxygen atoms in total. The van der Waals surface area contributed by atoms with E-state index in [1.165, 1.54) is 0 Å². The summed E-state index contributed by atoms with van der Waals surface area (Å²) in [6, 6.07) is 10.5. The van der Waals surface area contributed by atoms with Gasteiger partial charge >= 0.3 is 0 Å². The van der Waals surface area contributed by atoms with Crippen LogP contribution < -0.4 is 0 Å². The molecule has 1 heterocycles. The highest BCUT2D eigenvalue weighted by atomic mass is 16.1. The number of nitrogens with zero attached hydrogens (tertiary/aromatic N) is 2. The molecule has 0 aliphatic heterocycles. The molecule has 3 aromatic rings. The van der Waals surface area contributed by atoms with Crippen LogP contribution in [0.4, 0.5) is 0 Å². The van der Waals surface area contributed by atoms with Crippen LogP contribution in [0.5, 0.6) is 0 Å². The van der Waals surface area contributed by atoms with E-state index in [1.807, 2.05) is 31.8 Å². The summed E-state index contributed by atoms with van der Waals surface area (Å²) in [7, 11) is 1.95. The van der Waals surface area contributed by atoms with Gasteiger partial charge in [0.25, 0.3) is 0 Å². The van der Waals surface area contributed by atoms with Gasteiger partial charge in [-0.25, -0.2) is 0 Å². The number of aryl methyl sites for hydroxylation is 3. The van der Waals surface area contributed by atoms with Gasteiger partial charge in [0.1, 0.15) is 0 Å². The standard InChI is InChI=1S/C21H24N2O/c1-6-15-8-7-9-17(20(15)21(24)13(2)3)18-11-16-12-22-23(5)19(16)10-14(18)4/h7-13H,6H2,1-5H3. The van der Waals surface area contributed by atoms with Gasteiger partial charge < -0.3 is 0 Å². The number of ketones is 1. The van der Waals surface area contributed by atoms with E-state index in [0.717, 1.165) is 45.1 Å². The fourth-order valence-electron chi connectivity index (χ4n) is 3.29. The Labute approximate surface area is 143 Å². The first-order chi connectivity index (χ1) is 11.4. The molecule has 0 radical (unpaired) electrons. The van der Waals surface area contributed by atoms with Crippen LogP contribution in [-0.2, 0) is 13.5 Å². The Kier molecular flexibility index (Phi) is 4.27. The smallest absolute Gasteiger partial charge is 0.166 e. The third-order valence-electron chi connectivity index (χ3n) is 4.68. The third kappa shape index (κ3) is 2.64. The van der Waals surface area contributed by atoms with Crippen molar-refractivity contribution in [2.24, 2.45) is 13.0 Å². The zero-order valence-corrected chi connectivity index (χ0v) is 15.1. The van der Waals surface area contributed by atoms with Gasteiger partial charge in [-0.15, -0.1) is 0 Å². The molecule has 0 fully saturated rings. The van der Waals surface area contributed by atoms with Crippen LogP contribution in [0.2, 0.25) is 0 Å². The van der Waals surface area contributed by atoms with Gasteiger partial charge in [0.15, 0.2) is 5.78 Å². The summed E-state index contributed by atoms with van der Waals surface area (Å²) < 4.78 is 1.88. The summed E-state index contributed by atoms with van der Waals surface area (Å²) in [6.45, 7) is 8.14. The number of hydrogen-bond acceptors (Lipinski definition) is 2. The number of hydrogen-bond donors (Lipinski definition) is 0. The summed E-state index contributed by atoms with van der Waals surface area (Å²) in [5.74, 6) is 0.201. The summed E-state index contributed by atoms with van der Waals surface area (Å²) in [4.78, 5) is 12.9. The second kappa shape index (κ2) is 6.23. The fraction of sp³-hybridized carbons (Fsp3) is 0.333. The normalized spacial score (nSPS) is 11.4. The lowest BCUT2D eigenvalue weighted by atomic mass is 9.86. The minimum atomic E-state index is -0.0149. The molecule has 0 spiro atoms. The third-order valence-corrected chi connectivity index (χ3v) is 4.68. The molecule has 0 aliphatic rings. The summed E-state index contributed by atoms with van der Waals surface area (Å²) >= 11 is 0. The molecular formula is C21H24N2O. The minimum Gasteiger partial charge on any atom is -0.294 e. The molecule has 1 aromatic heterocycles. The van der Waals surface area contributed by atoms with E-state index in [4.69, 9.17) is 0 Å². The van der Waals surface area contributed by atoms with Crippen LogP contribution in [0, 0.1) is 12.8 Å². The van der Waals surface area contributed by atoms with Crippen LogP contribution in [0.25, 0.3) is 22.0 Å². The van der Waals surface area contributed by atoms with Crippen molar-refractivity contribution in [3.63, 3.8) is 0 Å². The van der Waals surface area contributed by atoms with Gasteiger partial charge in [-0.3, -0.25) is 9.48 Å². The molecule has 3 rings (SSSR count). The van der Waals surface area contributed by atoms with E-state index in [9.17, 15) is 4.79 Å². The van der Waals surface area contributed by atoms with Crippen molar-refractivity contribution in [2.45, 2.75) is 34.1 Å². The van der Waals surface area contributed by atoms with Crippen LogP contribution >= 0.6 is 0 Å². The van der Waals surface area contributed by atoms with E-state index in [1.54, 1.807) is 0 Å². The molecule has 0 aliphatic carbocycles. The first kappa shape index (κ1) is 16.4. The molecule has 0 saturated heterocycles. The molecule has 0 N–H and O–H groups in total. The number of benzene rings is 2. The Morgan fingerprint density at radius 2 is 1.96 bits per heavy atom.